The van der Waals surface area contributed by atoms with Crippen LogP contribution in [0.5, 0.6) is 0 Å². The third kappa shape index (κ3) is 3.74. The first-order chi connectivity index (χ1) is 13.0. The third-order valence-electron chi connectivity index (χ3n) is 4.39. The smallest absolute Gasteiger partial charge is 0.0907 e. The van der Waals surface area contributed by atoms with Crippen LogP contribution in [-0.2, 0) is 0 Å². The van der Waals surface area contributed by atoms with Crippen molar-refractivity contribution >= 4 is 61.6 Å². The van der Waals surface area contributed by atoms with Crippen molar-refractivity contribution in [3.63, 3.8) is 0 Å². The lowest BCUT2D eigenvalue weighted by Crippen LogP contribution is -2.03. The lowest BCUT2D eigenvalue weighted by molar-refractivity contribution is 1.35. The summed E-state index contributed by atoms with van der Waals surface area (Å²) < 4.78 is 1.19. The van der Waals surface area contributed by atoms with Crippen molar-refractivity contribution in [1.29, 1.82) is 0 Å². The first-order valence-corrected chi connectivity index (χ1v) is 10.2. The molecule has 0 spiro atoms. The number of hydrogen-bond acceptors (Lipinski definition) is 4. The summed E-state index contributed by atoms with van der Waals surface area (Å²) in [5.74, 6) is 0. The Kier molecular flexibility index (Phi) is 4.96. The average molecular weight is 409 g/mol. The molecule has 1 heterocycles. The van der Waals surface area contributed by atoms with Crippen molar-refractivity contribution < 1.29 is 0 Å². The molecule has 134 valence electrons. The van der Waals surface area contributed by atoms with E-state index in [9.17, 15) is 0 Å². The molecule has 4 aromatic rings. The van der Waals surface area contributed by atoms with E-state index in [0.29, 0.717) is 5.02 Å². The maximum absolute atomic E-state index is 6.55. The van der Waals surface area contributed by atoms with Gasteiger partial charge in [-0.05, 0) is 61.4 Å². The van der Waals surface area contributed by atoms with Crippen LogP contribution >= 0.6 is 35.2 Å². The zero-order valence-corrected chi connectivity index (χ0v) is 17.3. The van der Waals surface area contributed by atoms with Crippen LogP contribution in [-0.4, -0.2) is 9.85 Å². The van der Waals surface area contributed by atoms with Crippen LogP contribution in [0, 0.1) is 13.8 Å². The summed E-state index contributed by atoms with van der Waals surface area (Å²) in [7, 11) is 0. The van der Waals surface area contributed by atoms with Crippen molar-refractivity contribution in [2.45, 2.75) is 13.8 Å². The Balaban J connectivity index is 1.61. The Hall–Kier alpha value is -2.27. The van der Waals surface area contributed by atoms with E-state index < -0.39 is 0 Å². The monoisotopic (exact) mass is 408 g/mol. The minimum atomic E-state index is 0.638. The second kappa shape index (κ2) is 7.39. The summed E-state index contributed by atoms with van der Waals surface area (Å²) in [4.78, 5) is 5.32. The molecule has 0 bridgehead atoms. The van der Waals surface area contributed by atoms with Crippen molar-refractivity contribution in [1.82, 2.24) is 4.98 Å². The number of rotatable bonds is 4. The van der Waals surface area contributed by atoms with E-state index in [-0.39, 0.29) is 0 Å². The van der Waals surface area contributed by atoms with Gasteiger partial charge in [-0.15, -0.1) is 11.3 Å². The van der Waals surface area contributed by atoms with E-state index in [0.717, 1.165) is 43.5 Å². The summed E-state index contributed by atoms with van der Waals surface area (Å²) in [6.07, 6.45) is 0. The number of fused-ring (bicyclic) bond motifs is 1. The Morgan fingerprint density at radius 3 is 2.48 bits per heavy atom. The molecule has 0 saturated carbocycles. The molecule has 0 aliphatic heterocycles. The van der Waals surface area contributed by atoms with Crippen molar-refractivity contribution in [3.8, 4) is 0 Å². The fraction of sp³-hybridized carbons (Fsp3) is 0.0909. The van der Waals surface area contributed by atoms with Gasteiger partial charge in [0.05, 0.1) is 25.1 Å². The molecule has 4 rings (SSSR count). The third-order valence-corrected chi connectivity index (χ3v) is 6.09. The number of thiazole rings is 1. The lowest BCUT2D eigenvalue weighted by Gasteiger charge is -2.12. The van der Waals surface area contributed by atoms with Gasteiger partial charge in [-0.3, -0.25) is 0 Å². The van der Waals surface area contributed by atoms with Gasteiger partial charge in [0, 0.05) is 16.9 Å². The van der Waals surface area contributed by atoms with Gasteiger partial charge in [0.15, 0.2) is 0 Å². The normalized spacial score (nSPS) is 10.9. The molecule has 27 heavy (non-hydrogen) atoms. The number of halogens is 1. The molecule has 3 aromatic carbocycles. The Bertz CT molecular complexity index is 1160. The standard InChI is InChI=1S/C22H17ClN2S2/c1-13-5-3-4-6-17(13)22(26)18-9-7-15(11-19(18)23)25-16-8-10-21-20(12-16)24-14(2)27-21/h3-12,25H,1-2H3. The topological polar surface area (TPSA) is 24.9 Å². The van der Waals surface area contributed by atoms with Crippen LogP contribution in [0.15, 0.2) is 60.7 Å². The molecule has 0 aliphatic carbocycles. The van der Waals surface area contributed by atoms with Gasteiger partial charge in [-0.1, -0.05) is 48.1 Å². The molecule has 0 unspecified atom stereocenters. The number of aryl methyl sites for hydroxylation is 2. The number of hydrogen-bond donors (Lipinski definition) is 1. The summed E-state index contributed by atoms with van der Waals surface area (Å²) in [6, 6.07) is 20.2. The van der Waals surface area contributed by atoms with Crippen LogP contribution in [0.25, 0.3) is 10.2 Å². The highest BCUT2D eigenvalue weighted by atomic mass is 35.5. The summed E-state index contributed by atoms with van der Waals surface area (Å²) in [5.41, 5.74) is 5.97. The molecule has 1 aromatic heterocycles. The molecule has 0 saturated heterocycles. The van der Waals surface area contributed by atoms with Gasteiger partial charge in [0.1, 0.15) is 0 Å². The number of nitrogens with zero attached hydrogens (tertiary/aromatic N) is 1. The van der Waals surface area contributed by atoms with E-state index >= 15 is 0 Å². The predicted molar refractivity (Wildman–Crippen MR) is 121 cm³/mol. The van der Waals surface area contributed by atoms with Gasteiger partial charge >= 0.3 is 0 Å². The van der Waals surface area contributed by atoms with Gasteiger partial charge in [-0.25, -0.2) is 4.98 Å². The number of thiocarbonyl (C=S) groups is 1. The molecule has 2 nitrogen and oxygen atoms in total. The first-order valence-electron chi connectivity index (χ1n) is 8.55. The van der Waals surface area contributed by atoms with Crippen LogP contribution in [0.2, 0.25) is 5.02 Å². The second-order valence-electron chi connectivity index (χ2n) is 6.38. The maximum Gasteiger partial charge on any atom is 0.0907 e. The van der Waals surface area contributed by atoms with Crippen molar-refractivity contribution in [2.24, 2.45) is 0 Å². The Labute approximate surface area is 172 Å². The molecule has 0 radical (unpaired) electrons. The van der Waals surface area contributed by atoms with E-state index in [2.05, 4.69) is 41.5 Å². The molecule has 0 aliphatic rings. The number of anilines is 2. The number of aromatic nitrogens is 1. The minimum absolute atomic E-state index is 0.638. The molecule has 1 N–H and O–H groups in total. The predicted octanol–water partition coefficient (Wildman–Crippen LogP) is 7.08. The largest absolute Gasteiger partial charge is 0.355 e. The highest BCUT2D eigenvalue weighted by molar-refractivity contribution is 7.81. The van der Waals surface area contributed by atoms with Crippen LogP contribution in [0.1, 0.15) is 21.7 Å². The van der Waals surface area contributed by atoms with E-state index in [4.69, 9.17) is 23.8 Å². The fourth-order valence-electron chi connectivity index (χ4n) is 3.04. The van der Waals surface area contributed by atoms with Crippen LogP contribution in [0.4, 0.5) is 11.4 Å². The van der Waals surface area contributed by atoms with Gasteiger partial charge in [-0.2, -0.15) is 0 Å². The fourth-order valence-corrected chi connectivity index (χ4v) is 4.58. The van der Waals surface area contributed by atoms with Crippen molar-refractivity contribution in [2.75, 3.05) is 5.32 Å². The quantitative estimate of drug-likeness (QED) is 0.288. The SMILES string of the molecule is Cc1nc2cc(Nc3ccc(C(=S)c4ccccc4C)c(Cl)c3)ccc2s1. The molecule has 0 atom stereocenters. The second-order valence-corrected chi connectivity index (χ2v) is 8.43. The minimum Gasteiger partial charge on any atom is -0.355 e. The Morgan fingerprint density at radius 1 is 0.963 bits per heavy atom. The zero-order chi connectivity index (χ0) is 19.0. The van der Waals surface area contributed by atoms with E-state index in [1.54, 1.807) is 11.3 Å². The highest BCUT2D eigenvalue weighted by Crippen LogP contribution is 2.29. The number of nitrogens with one attached hydrogen (secondary N) is 1. The number of benzene rings is 3. The van der Waals surface area contributed by atoms with Gasteiger partial charge in [0.2, 0.25) is 0 Å². The molecule has 0 fully saturated rings. The van der Waals surface area contributed by atoms with Gasteiger partial charge in [0.25, 0.3) is 0 Å². The highest BCUT2D eigenvalue weighted by Gasteiger charge is 2.12. The summed E-state index contributed by atoms with van der Waals surface area (Å²) in [5, 5.41) is 5.11. The van der Waals surface area contributed by atoms with Crippen molar-refractivity contribution in [3.05, 3.63) is 87.4 Å². The zero-order valence-electron chi connectivity index (χ0n) is 14.9. The Morgan fingerprint density at radius 2 is 1.70 bits per heavy atom. The summed E-state index contributed by atoms with van der Waals surface area (Å²) >= 11 is 13.9. The van der Waals surface area contributed by atoms with Gasteiger partial charge < -0.3 is 5.32 Å². The lowest BCUT2D eigenvalue weighted by atomic mass is 10.00. The molecular weight excluding hydrogens is 392 g/mol. The first kappa shape index (κ1) is 18.1. The average Bonchev–Trinajstić information content (AvgIpc) is 3.01. The molecular formula is C22H17ClN2S2. The molecule has 5 heteroatoms. The van der Waals surface area contributed by atoms with E-state index in [1.807, 2.05) is 43.3 Å². The van der Waals surface area contributed by atoms with Crippen LogP contribution < -0.4 is 5.32 Å². The van der Waals surface area contributed by atoms with Crippen LogP contribution in [0.3, 0.4) is 0 Å². The summed E-state index contributed by atoms with van der Waals surface area (Å²) in [6.45, 7) is 4.08. The van der Waals surface area contributed by atoms with E-state index in [1.165, 1.54) is 4.70 Å². The maximum atomic E-state index is 6.55. The molecule has 0 amide bonds.